The van der Waals surface area contributed by atoms with E-state index in [1.807, 2.05) is 18.2 Å². The van der Waals surface area contributed by atoms with Gasteiger partial charge in [0.1, 0.15) is 0 Å². The van der Waals surface area contributed by atoms with E-state index in [0.29, 0.717) is 0 Å². The number of fused-ring (bicyclic) bond motifs is 1. The highest BCUT2D eigenvalue weighted by atomic mass is 32.1. The second kappa shape index (κ2) is 6.28. The Labute approximate surface area is 156 Å². The lowest BCUT2D eigenvalue weighted by atomic mass is 10.1. The molecule has 0 bridgehead atoms. The van der Waals surface area contributed by atoms with Gasteiger partial charge < -0.3 is 0 Å². The summed E-state index contributed by atoms with van der Waals surface area (Å²) in [5.41, 5.74) is 5.72. The fraction of sp³-hybridized carbons (Fsp3) is 0. The molecule has 0 radical (unpaired) electrons. The Balaban J connectivity index is 1.77. The average Bonchev–Trinajstić information content (AvgIpc) is 3.28. The predicted octanol–water partition coefficient (Wildman–Crippen LogP) is 6.40. The van der Waals surface area contributed by atoms with Crippen molar-refractivity contribution in [3.63, 3.8) is 0 Å². The number of rotatable bonds is 3. The Morgan fingerprint density at radius 3 is 1.77 bits per heavy atom. The monoisotopic (exact) mass is 352 g/mol. The van der Waals surface area contributed by atoms with E-state index in [9.17, 15) is 0 Å². The molecule has 2 heterocycles. The van der Waals surface area contributed by atoms with E-state index in [-0.39, 0.29) is 0 Å². The Bertz CT molecular complexity index is 1160. The van der Waals surface area contributed by atoms with Gasteiger partial charge in [-0.25, -0.2) is 4.98 Å². The van der Waals surface area contributed by atoms with Crippen LogP contribution >= 0.6 is 11.3 Å². The Hall–Kier alpha value is -3.17. The zero-order valence-electron chi connectivity index (χ0n) is 14.0. The smallest absolute Gasteiger partial charge is 0.195 e. The molecule has 0 saturated heterocycles. The first kappa shape index (κ1) is 15.1. The summed E-state index contributed by atoms with van der Waals surface area (Å²) in [5, 5.41) is 0. The lowest BCUT2D eigenvalue weighted by Crippen LogP contribution is -1.87. The summed E-state index contributed by atoms with van der Waals surface area (Å²) in [4.78, 5) is 7.23. The fourth-order valence-electron chi connectivity index (χ4n) is 3.25. The van der Waals surface area contributed by atoms with Crippen LogP contribution < -0.4 is 0 Å². The molecule has 0 unspecified atom stereocenters. The van der Waals surface area contributed by atoms with E-state index in [1.165, 1.54) is 16.0 Å². The van der Waals surface area contributed by atoms with Gasteiger partial charge in [0.2, 0.25) is 0 Å². The number of imidazole rings is 1. The summed E-state index contributed by atoms with van der Waals surface area (Å²) in [6.45, 7) is 0. The van der Waals surface area contributed by atoms with Crippen LogP contribution in [0.4, 0.5) is 0 Å². The van der Waals surface area contributed by atoms with Crippen LogP contribution in [0.2, 0.25) is 0 Å². The molecule has 0 aliphatic rings. The Morgan fingerprint density at radius 2 is 1.15 bits per heavy atom. The zero-order chi connectivity index (χ0) is 17.3. The van der Waals surface area contributed by atoms with Gasteiger partial charge in [0.15, 0.2) is 4.96 Å². The summed E-state index contributed by atoms with van der Waals surface area (Å²) in [6.07, 6.45) is 2.21. The summed E-state index contributed by atoms with van der Waals surface area (Å²) >= 11 is 1.73. The van der Waals surface area contributed by atoms with Crippen LogP contribution in [0.15, 0.2) is 97.2 Å². The minimum atomic E-state index is 1.02. The van der Waals surface area contributed by atoms with Crippen LogP contribution in [-0.4, -0.2) is 9.38 Å². The van der Waals surface area contributed by atoms with Crippen molar-refractivity contribution in [1.82, 2.24) is 9.38 Å². The molecule has 5 aromatic rings. The molecule has 26 heavy (non-hydrogen) atoms. The number of benzene rings is 3. The van der Waals surface area contributed by atoms with E-state index in [0.717, 1.165) is 21.9 Å². The van der Waals surface area contributed by atoms with Gasteiger partial charge in [-0.05, 0) is 5.56 Å². The normalized spacial score (nSPS) is 11.1. The number of thiazole rings is 1. The standard InChI is InChI=1S/C23H16N2S/c1-4-10-17(11-5-1)20-16-25-22(19-14-8-3-9-15-19)21(24-23(25)26-20)18-12-6-2-7-13-18/h1-16H. The molecule has 124 valence electrons. The molecule has 3 aromatic carbocycles. The van der Waals surface area contributed by atoms with E-state index >= 15 is 0 Å². The van der Waals surface area contributed by atoms with E-state index in [1.54, 1.807) is 11.3 Å². The molecule has 0 spiro atoms. The van der Waals surface area contributed by atoms with E-state index in [2.05, 4.69) is 83.4 Å². The molecule has 2 nitrogen and oxygen atoms in total. The molecule has 0 amide bonds. The first-order valence-corrected chi connectivity index (χ1v) is 9.40. The lowest BCUT2D eigenvalue weighted by molar-refractivity contribution is 1.24. The van der Waals surface area contributed by atoms with Gasteiger partial charge >= 0.3 is 0 Å². The van der Waals surface area contributed by atoms with Gasteiger partial charge in [-0.1, -0.05) is 102 Å². The van der Waals surface area contributed by atoms with Crippen LogP contribution in [0.1, 0.15) is 0 Å². The van der Waals surface area contributed by atoms with Gasteiger partial charge in [0.25, 0.3) is 0 Å². The highest BCUT2D eigenvalue weighted by molar-refractivity contribution is 7.20. The molecule has 0 fully saturated rings. The van der Waals surface area contributed by atoms with Crippen molar-refractivity contribution in [1.29, 1.82) is 0 Å². The number of nitrogens with zero attached hydrogens (tertiary/aromatic N) is 2. The van der Waals surface area contributed by atoms with Crippen molar-refractivity contribution in [2.24, 2.45) is 0 Å². The zero-order valence-corrected chi connectivity index (χ0v) is 14.9. The van der Waals surface area contributed by atoms with Crippen LogP contribution in [-0.2, 0) is 0 Å². The van der Waals surface area contributed by atoms with E-state index < -0.39 is 0 Å². The second-order valence-corrected chi connectivity index (χ2v) is 7.16. The predicted molar refractivity (Wildman–Crippen MR) is 109 cm³/mol. The Morgan fingerprint density at radius 1 is 0.615 bits per heavy atom. The second-order valence-electron chi connectivity index (χ2n) is 6.16. The van der Waals surface area contributed by atoms with Gasteiger partial charge in [-0.15, -0.1) is 0 Å². The molecule has 5 rings (SSSR count). The first-order valence-electron chi connectivity index (χ1n) is 8.58. The van der Waals surface area contributed by atoms with E-state index in [4.69, 9.17) is 4.98 Å². The average molecular weight is 352 g/mol. The van der Waals surface area contributed by atoms with Gasteiger partial charge in [-0.2, -0.15) is 0 Å². The maximum Gasteiger partial charge on any atom is 0.195 e. The quantitative estimate of drug-likeness (QED) is 0.367. The minimum Gasteiger partial charge on any atom is -0.289 e. The largest absolute Gasteiger partial charge is 0.289 e. The van der Waals surface area contributed by atoms with Gasteiger partial charge in [0, 0.05) is 17.3 Å². The third-order valence-corrected chi connectivity index (χ3v) is 5.51. The van der Waals surface area contributed by atoms with Crippen molar-refractivity contribution in [3.05, 3.63) is 97.2 Å². The maximum absolute atomic E-state index is 4.99. The van der Waals surface area contributed by atoms with Crippen LogP contribution in [0, 0.1) is 0 Å². The maximum atomic E-state index is 4.99. The highest BCUT2D eigenvalue weighted by Crippen LogP contribution is 2.37. The minimum absolute atomic E-state index is 1.02. The molecule has 0 saturated carbocycles. The molecule has 3 heteroatoms. The number of hydrogen-bond acceptors (Lipinski definition) is 2. The highest BCUT2D eigenvalue weighted by Gasteiger charge is 2.18. The SMILES string of the molecule is c1ccc(-c2cn3c(-c4ccccc4)c(-c4ccccc4)nc3s2)cc1. The van der Waals surface area contributed by atoms with Crippen LogP contribution in [0.5, 0.6) is 0 Å². The van der Waals surface area contributed by atoms with Gasteiger partial charge in [-0.3, -0.25) is 4.40 Å². The fourth-order valence-corrected chi connectivity index (χ4v) is 4.24. The van der Waals surface area contributed by atoms with Gasteiger partial charge in [0.05, 0.1) is 16.3 Å². The molecular formula is C23H16N2S. The van der Waals surface area contributed by atoms with Crippen molar-refractivity contribution in [2.45, 2.75) is 0 Å². The molecule has 0 N–H and O–H groups in total. The van der Waals surface area contributed by atoms with Crippen LogP contribution in [0.25, 0.3) is 37.9 Å². The molecule has 0 aliphatic carbocycles. The number of hydrogen-bond donors (Lipinski definition) is 0. The lowest BCUT2D eigenvalue weighted by Gasteiger charge is -2.05. The third kappa shape index (κ3) is 2.54. The van der Waals surface area contributed by atoms with Crippen molar-refractivity contribution >= 4 is 16.3 Å². The summed E-state index contributed by atoms with van der Waals surface area (Å²) < 4.78 is 2.23. The first-order chi connectivity index (χ1) is 12.9. The third-order valence-electron chi connectivity index (χ3n) is 4.48. The van der Waals surface area contributed by atoms with Crippen molar-refractivity contribution in [2.75, 3.05) is 0 Å². The summed E-state index contributed by atoms with van der Waals surface area (Å²) in [6, 6.07) is 31.4. The Kier molecular flexibility index (Phi) is 3.65. The summed E-state index contributed by atoms with van der Waals surface area (Å²) in [5.74, 6) is 0. The topological polar surface area (TPSA) is 17.3 Å². The van der Waals surface area contributed by atoms with Crippen LogP contribution in [0.3, 0.4) is 0 Å². The summed E-state index contributed by atoms with van der Waals surface area (Å²) in [7, 11) is 0. The van der Waals surface area contributed by atoms with Crippen molar-refractivity contribution < 1.29 is 0 Å². The molecule has 0 aliphatic heterocycles. The molecule has 2 aromatic heterocycles. The van der Waals surface area contributed by atoms with Crippen molar-refractivity contribution in [3.8, 4) is 33.0 Å². The number of aromatic nitrogens is 2. The molecule has 0 atom stereocenters. The molecular weight excluding hydrogens is 336 g/mol.